The van der Waals surface area contributed by atoms with Crippen molar-refractivity contribution in [1.29, 1.82) is 0 Å². The van der Waals surface area contributed by atoms with Crippen LogP contribution in [0.2, 0.25) is 0 Å². The van der Waals surface area contributed by atoms with Crippen molar-refractivity contribution in [2.75, 3.05) is 5.32 Å². The summed E-state index contributed by atoms with van der Waals surface area (Å²) in [5.41, 5.74) is 1.98. The van der Waals surface area contributed by atoms with Gasteiger partial charge in [0.2, 0.25) is 11.8 Å². The van der Waals surface area contributed by atoms with Crippen LogP contribution in [0.25, 0.3) is 0 Å². The third kappa shape index (κ3) is 3.04. The summed E-state index contributed by atoms with van der Waals surface area (Å²) < 4.78 is 0. The van der Waals surface area contributed by atoms with Crippen LogP contribution < -0.4 is 10.6 Å². The van der Waals surface area contributed by atoms with E-state index in [1.165, 1.54) is 13.8 Å². The lowest BCUT2D eigenvalue weighted by atomic mass is 9.98. The van der Waals surface area contributed by atoms with Gasteiger partial charge < -0.3 is 10.6 Å². The molecule has 0 spiro atoms. The Morgan fingerprint density at radius 3 is 2.60 bits per heavy atom. The van der Waals surface area contributed by atoms with Gasteiger partial charge >= 0.3 is 0 Å². The minimum atomic E-state index is -0.511. The van der Waals surface area contributed by atoms with Gasteiger partial charge in [0.1, 0.15) is 0 Å². The highest BCUT2D eigenvalue weighted by Crippen LogP contribution is 2.27. The van der Waals surface area contributed by atoms with Crippen molar-refractivity contribution in [3.8, 4) is 0 Å². The number of amides is 2. The number of benzene rings is 1. The second-order valence-corrected chi connectivity index (χ2v) is 5.03. The fourth-order valence-corrected chi connectivity index (χ4v) is 2.58. The van der Waals surface area contributed by atoms with Gasteiger partial charge in [-0.2, -0.15) is 0 Å². The molecule has 106 valence electrons. The lowest BCUT2D eigenvalue weighted by Gasteiger charge is -2.17. The van der Waals surface area contributed by atoms with E-state index in [1.807, 2.05) is 12.1 Å². The monoisotopic (exact) mass is 274 g/mol. The van der Waals surface area contributed by atoms with Crippen LogP contribution >= 0.6 is 0 Å². The van der Waals surface area contributed by atoms with E-state index in [4.69, 9.17) is 0 Å². The number of fused-ring (bicyclic) bond motifs is 1. The summed E-state index contributed by atoms with van der Waals surface area (Å²) in [6.45, 7) is 2.81. The topological polar surface area (TPSA) is 75.3 Å². The van der Waals surface area contributed by atoms with Crippen LogP contribution in [0.3, 0.4) is 0 Å². The second-order valence-electron chi connectivity index (χ2n) is 5.03. The van der Waals surface area contributed by atoms with Crippen molar-refractivity contribution in [1.82, 2.24) is 5.32 Å². The summed E-state index contributed by atoms with van der Waals surface area (Å²) in [5.74, 6) is -0.563. The third-order valence-corrected chi connectivity index (χ3v) is 3.34. The van der Waals surface area contributed by atoms with Gasteiger partial charge in [0.15, 0.2) is 5.78 Å². The zero-order valence-corrected chi connectivity index (χ0v) is 11.7. The van der Waals surface area contributed by atoms with Gasteiger partial charge in [0.25, 0.3) is 0 Å². The van der Waals surface area contributed by atoms with Crippen LogP contribution in [0.15, 0.2) is 18.2 Å². The van der Waals surface area contributed by atoms with Gasteiger partial charge in [-0.05, 0) is 30.9 Å². The van der Waals surface area contributed by atoms with Crippen LogP contribution in [-0.2, 0) is 16.0 Å². The van der Waals surface area contributed by atoms with Gasteiger partial charge in [-0.25, -0.2) is 0 Å². The molecule has 1 aromatic carbocycles. The summed E-state index contributed by atoms with van der Waals surface area (Å²) in [5, 5.41) is 5.38. The summed E-state index contributed by atoms with van der Waals surface area (Å²) in [7, 11) is 0. The average Bonchev–Trinajstić information content (AvgIpc) is 2.50. The minimum Gasteiger partial charge on any atom is -0.346 e. The number of nitrogens with one attached hydrogen (secondary N) is 2. The van der Waals surface area contributed by atoms with E-state index in [-0.39, 0.29) is 17.6 Å². The van der Waals surface area contributed by atoms with Crippen LogP contribution in [0.4, 0.5) is 5.69 Å². The molecule has 1 aliphatic rings. The molecule has 1 unspecified atom stereocenters. The molecule has 1 atom stereocenters. The number of Topliss-reactive ketones (excluding diaryl/α,β-unsaturated/α-hetero) is 1. The first-order chi connectivity index (χ1) is 9.49. The molecule has 20 heavy (non-hydrogen) atoms. The van der Waals surface area contributed by atoms with E-state index < -0.39 is 6.04 Å². The molecule has 0 radical (unpaired) electrons. The smallest absolute Gasteiger partial charge is 0.221 e. The number of carbonyl (C=O) groups is 3. The van der Waals surface area contributed by atoms with Crippen LogP contribution in [0.1, 0.15) is 42.6 Å². The zero-order valence-electron chi connectivity index (χ0n) is 11.7. The van der Waals surface area contributed by atoms with Crippen molar-refractivity contribution in [2.45, 2.75) is 39.2 Å². The van der Waals surface area contributed by atoms with Gasteiger partial charge in [-0.15, -0.1) is 0 Å². The first-order valence-corrected chi connectivity index (χ1v) is 6.70. The van der Waals surface area contributed by atoms with Crippen molar-refractivity contribution in [3.63, 3.8) is 0 Å². The van der Waals surface area contributed by atoms with E-state index in [9.17, 15) is 14.4 Å². The van der Waals surface area contributed by atoms with Gasteiger partial charge in [-0.1, -0.05) is 12.1 Å². The molecule has 5 nitrogen and oxygen atoms in total. The van der Waals surface area contributed by atoms with E-state index in [2.05, 4.69) is 10.6 Å². The highest BCUT2D eigenvalue weighted by atomic mass is 16.2. The predicted octanol–water partition coefficient (Wildman–Crippen LogP) is 1.67. The molecule has 2 amide bonds. The Bertz CT molecular complexity index is 566. The van der Waals surface area contributed by atoms with E-state index >= 15 is 0 Å². The molecular formula is C15H18N2O3. The number of hydrogen-bond donors (Lipinski definition) is 2. The van der Waals surface area contributed by atoms with Crippen molar-refractivity contribution in [2.24, 2.45) is 0 Å². The Labute approximate surface area is 117 Å². The number of ketones is 1. The third-order valence-electron chi connectivity index (χ3n) is 3.34. The maximum Gasteiger partial charge on any atom is 0.221 e. The molecular weight excluding hydrogens is 256 g/mol. The molecule has 5 heteroatoms. The zero-order chi connectivity index (χ0) is 14.7. The molecule has 0 heterocycles. The first kappa shape index (κ1) is 14.2. The molecule has 2 N–H and O–H groups in total. The van der Waals surface area contributed by atoms with Crippen LogP contribution in [-0.4, -0.2) is 23.6 Å². The maximum atomic E-state index is 12.6. The van der Waals surface area contributed by atoms with E-state index in [1.54, 1.807) is 6.07 Å². The SMILES string of the molecule is CC(=O)Nc1cccc2c1C(=O)C(NC(C)=O)CCC2. The number of anilines is 1. The molecule has 0 aliphatic heterocycles. The van der Waals surface area contributed by atoms with Crippen LogP contribution in [0.5, 0.6) is 0 Å². The number of aryl methyl sites for hydroxylation is 1. The number of carbonyl (C=O) groups excluding carboxylic acids is 3. The minimum absolute atomic E-state index is 0.128. The summed E-state index contributed by atoms with van der Waals surface area (Å²) in [6, 6.07) is 4.93. The van der Waals surface area contributed by atoms with Gasteiger partial charge in [0.05, 0.1) is 11.7 Å². The largest absolute Gasteiger partial charge is 0.346 e. The fourth-order valence-electron chi connectivity index (χ4n) is 2.58. The highest BCUT2D eigenvalue weighted by Gasteiger charge is 2.28. The summed E-state index contributed by atoms with van der Waals surface area (Å²) in [4.78, 5) is 35.1. The molecule has 1 aliphatic carbocycles. The fraction of sp³-hybridized carbons (Fsp3) is 0.400. The van der Waals surface area contributed by atoms with E-state index in [0.717, 1.165) is 18.4 Å². The standard InChI is InChI=1S/C15H18N2O3/c1-9(18)16-12-7-3-5-11-6-4-8-13(17-10(2)19)15(20)14(11)12/h3,5,7,13H,4,6,8H2,1-2H3,(H,16,18)(H,17,19). The molecule has 1 aromatic rings. The van der Waals surface area contributed by atoms with Gasteiger partial charge in [-0.3, -0.25) is 14.4 Å². The van der Waals surface area contributed by atoms with Crippen molar-refractivity contribution in [3.05, 3.63) is 29.3 Å². The molecule has 0 bridgehead atoms. The molecule has 0 aromatic heterocycles. The van der Waals surface area contributed by atoms with Gasteiger partial charge in [0, 0.05) is 19.4 Å². The van der Waals surface area contributed by atoms with Crippen molar-refractivity contribution >= 4 is 23.3 Å². The lowest BCUT2D eigenvalue weighted by molar-refractivity contribution is -0.119. The Balaban J connectivity index is 2.42. The Kier molecular flexibility index (Phi) is 4.17. The molecule has 0 fully saturated rings. The maximum absolute atomic E-state index is 12.6. The Morgan fingerprint density at radius 2 is 1.95 bits per heavy atom. The molecule has 0 saturated carbocycles. The average molecular weight is 274 g/mol. The normalized spacial score (nSPS) is 17.9. The summed E-state index contributed by atoms with van der Waals surface area (Å²) in [6.07, 6.45) is 2.21. The predicted molar refractivity (Wildman–Crippen MR) is 75.6 cm³/mol. The Morgan fingerprint density at radius 1 is 1.20 bits per heavy atom. The Hall–Kier alpha value is -2.17. The number of hydrogen-bond acceptors (Lipinski definition) is 3. The van der Waals surface area contributed by atoms with E-state index in [0.29, 0.717) is 17.7 Å². The first-order valence-electron chi connectivity index (χ1n) is 6.70. The molecule has 0 saturated heterocycles. The molecule has 2 rings (SSSR count). The highest BCUT2D eigenvalue weighted by molar-refractivity contribution is 6.09. The number of rotatable bonds is 2. The summed E-state index contributed by atoms with van der Waals surface area (Å²) >= 11 is 0. The lowest BCUT2D eigenvalue weighted by Crippen LogP contribution is -2.39. The van der Waals surface area contributed by atoms with Crippen LogP contribution in [0, 0.1) is 0 Å². The quantitative estimate of drug-likeness (QED) is 0.805. The van der Waals surface area contributed by atoms with Crippen molar-refractivity contribution < 1.29 is 14.4 Å². The second kappa shape index (κ2) is 5.86.